The number of amides is 1. The Hall–Kier alpha value is -2.18. The molecule has 0 fully saturated rings. The van der Waals surface area contributed by atoms with Gasteiger partial charge in [0.05, 0.1) is 25.4 Å². The lowest BCUT2D eigenvalue weighted by atomic mass is 10.0. The van der Waals surface area contributed by atoms with E-state index < -0.39 is 12.1 Å². The van der Waals surface area contributed by atoms with Gasteiger partial charge in [0, 0.05) is 12.8 Å². The molecule has 0 aromatic carbocycles. The van der Waals surface area contributed by atoms with Gasteiger partial charge in [-0.05, 0) is 83.5 Å². The smallest absolute Gasteiger partial charge is 0.305 e. The molecule has 398 valence electrons. The Kier molecular flexibility index (Phi) is 55.6. The summed E-state index contributed by atoms with van der Waals surface area (Å²) in [5, 5.41) is 23.1. The van der Waals surface area contributed by atoms with Gasteiger partial charge in [0.15, 0.2) is 0 Å². The van der Waals surface area contributed by atoms with Crippen LogP contribution in [0.2, 0.25) is 0 Å². The number of esters is 1. The van der Waals surface area contributed by atoms with Crippen molar-refractivity contribution >= 4 is 11.9 Å². The Morgan fingerprint density at radius 1 is 0.412 bits per heavy atom. The predicted molar refractivity (Wildman–Crippen MR) is 296 cm³/mol. The average Bonchev–Trinajstić information content (AvgIpc) is 3.34. The number of rotatable bonds is 55. The van der Waals surface area contributed by atoms with Crippen LogP contribution in [-0.4, -0.2) is 47.4 Å². The van der Waals surface area contributed by atoms with E-state index in [4.69, 9.17) is 4.74 Å². The summed E-state index contributed by atoms with van der Waals surface area (Å²) in [6.07, 6.45) is 72.8. The van der Waals surface area contributed by atoms with Crippen LogP contribution in [-0.2, 0) is 14.3 Å². The normalized spacial score (nSPS) is 12.9. The van der Waals surface area contributed by atoms with Crippen molar-refractivity contribution in [2.45, 2.75) is 321 Å². The molecule has 0 aromatic heterocycles. The van der Waals surface area contributed by atoms with Gasteiger partial charge in [0.1, 0.15) is 0 Å². The molecule has 0 aliphatic carbocycles. The van der Waals surface area contributed by atoms with Crippen LogP contribution in [0.25, 0.3) is 0 Å². The van der Waals surface area contributed by atoms with E-state index in [0.717, 1.165) is 57.8 Å². The van der Waals surface area contributed by atoms with Crippen molar-refractivity contribution in [3.05, 3.63) is 48.6 Å². The van der Waals surface area contributed by atoms with Crippen molar-refractivity contribution in [3.8, 4) is 0 Å². The Morgan fingerprint density at radius 2 is 0.750 bits per heavy atom. The SMILES string of the molecule is CCCC/C=C\C/C=C\CCCCCCCC(=O)OCCCCCCCCCCC/C=C\CCCCCCCCCC(=O)NC(CO)C(O)/C=C/CCCCCCCCCCCCCCCCC. The monoisotopic (exact) mass is 954 g/mol. The maximum Gasteiger partial charge on any atom is 0.305 e. The van der Waals surface area contributed by atoms with Crippen molar-refractivity contribution in [1.29, 1.82) is 0 Å². The first-order valence-corrected chi connectivity index (χ1v) is 29.9. The fourth-order valence-electron chi connectivity index (χ4n) is 8.94. The lowest BCUT2D eigenvalue weighted by Gasteiger charge is -2.20. The first kappa shape index (κ1) is 65.8. The molecule has 6 nitrogen and oxygen atoms in total. The Balaban J connectivity index is 3.48. The maximum atomic E-state index is 12.5. The molecule has 0 aliphatic heterocycles. The van der Waals surface area contributed by atoms with E-state index in [1.54, 1.807) is 6.08 Å². The van der Waals surface area contributed by atoms with Crippen molar-refractivity contribution in [1.82, 2.24) is 5.32 Å². The second kappa shape index (κ2) is 57.4. The van der Waals surface area contributed by atoms with Crippen LogP contribution in [0.5, 0.6) is 0 Å². The third-order valence-corrected chi connectivity index (χ3v) is 13.6. The first-order chi connectivity index (χ1) is 33.5. The maximum absolute atomic E-state index is 12.5. The molecule has 0 saturated carbocycles. The quantitative estimate of drug-likeness (QED) is 0.0321. The molecule has 0 saturated heterocycles. The number of carbonyl (C=O) groups excluding carboxylic acids is 2. The summed E-state index contributed by atoms with van der Waals surface area (Å²) in [6, 6.07) is -0.635. The summed E-state index contributed by atoms with van der Waals surface area (Å²) in [5.74, 6) is -0.0856. The number of hydrogen-bond donors (Lipinski definition) is 3. The molecule has 0 aliphatic rings. The van der Waals surface area contributed by atoms with Crippen molar-refractivity contribution < 1.29 is 24.5 Å². The predicted octanol–water partition coefficient (Wildman–Crippen LogP) is 18.6. The fourth-order valence-corrected chi connectivity index (χ4v) is 8.94. The van der Waals surface area contributed by atoms with E-state index in [-0.39, 0.29) is 18.5 Å². The van der Waals surface area contributed by atoms with E-state index in [9.17, 15) is 19.8 Å². The molecular formula is C62H115NO5. The molecule has 1 amide bonds. The standard InChI is InChI=1S/C62H115NO5/c1-3-5-7-9-11-13-15-17-19-24-27-30-34-38-42-46-50-54-60(65)59(58-64)63-61(66)55-51-47-43-39-35-31-28-25-22-20-21-23-26-29-33-37-41-45-49-53-57-68-62(67)56-52-48-44-40-36-32-18-16-14-12-10-8-6-4-2/h10,12,16,18,20,22,50,54,59-60,64-65H,3-9,11,13-15,17,19,21,23-49,51-53,55-58H2,1-2H3,(H,63,66)/b12-10-,18-16-,22-20-,54-50+. The van der Waals surface area contributed by atoms with Gasteiger partial charge in [0.25, 0.3) is 0 Å². The molecule has 6 heteroatoms. The molecule has 0 rings (SSSR count). The largest absolute Gasteiger partial charge is 0.466 e. The summed E-state index contributed by atoms with van der Waals surface area (Å²) < 4.78 is 5.46. The number of carbonyl (C=O) groups is 2. The number of ether oxygens (including phenoxy) is 1. The van der Waals surface area contributed by atoms with E-state index in [1.165, 1.54) is 225 Å². The summed E-state index contributed by atoms with van der Waals surface area (Å²) in [6.45, 7) is 4.85. The third-order valence-electron chi connectivity index (χ3n) is 13.6. The van der Waals surface area contributed by atoms with Gasteiger partial charge in [-0.1, -0.05) is 262 Å². The van der Waals surface area contributed by atoms with E-state index in [2.05, 4.69) is 55.6 Å². The van der Waals surface area contributed by atoms with E-state index in [1.807, 2.05) is 6.08 Å². The summed E-state index contributed by atoms with van der Waals surface area (Å²) in [7, 11) is 0. The zero-order valence-electron chi connectivity index (χ0n) is 45.3. The molecular weight excluding hydrogens is 839 g/mol. The van der Waals surface area contributed by atoms with E-state index >= 15 is 0 Å². The molecule has 0 heterocycles. The second-order valence-electron chi connectivity index (χ2n) is 20.3. The van der Waals surface area contributed by atoms with Gasteiger partial charge in [0.2, 0.25) is 5.91 Å². The summed E-state index contributed by atoms with van der Waals surface area (Å²) in [4.78, 5) is 24.5. The molecule has 68 heavy (non-hydrogen) atoms. The molecule has 0 spiro atoms. The minimum absolute atomic E-state index is 0.00949. The fraction of sp³-hybridized carbons (Fsp3) is 0.839. The minimum Gasteiger partial charge on any atom is -0.466 e. The number of aliphatic hydroxyl groups is 2. The molecule has 2 atom stereocenters. The molecule has 0 aromatic rings. The first-order valence-electron chi connectivity index (χ1n) is 29.9. The van der Waals surface area contributed by atoms with Gasteiger partial charge >= 0.3 is 5.97 Å². The highest BCUT2D eigenvalue weighted by atomic mass is 16.5. The number of hydrogen-bond acceptors (Lipinski definition) is 5. The van der Waals surface area contributed by atoms with Gasteiger partial charge in [-0.15, -0.1) is 0 Å². The highest BCUT2D eigenvalue weighted by Gasteiger charge is 2.18. The van der Waals surface area contributed by atoms with Crippen LogP contribution in [0.4, 0.5) is 0 Å². The highest BCUT2D eigenvalue weighted by molar-refractivity contribution is 5.76. The topological polar surface area (TPSA) is 95.9 Å². The molecule has 0 bridgehead atoms. The zero-order valence-corrected chi connectivity index (χ0v) is 45.3. The zero-order chi connectivity index (χ0) is 49.3. The van der Waals surface area contributed by atoms with Crippen LogP contribution < -0.4 is 5.32 Å². The van der Waals surface area contributed by atoms with Crippen LogP contribution in [0.15, 0.2) is 48.6 Å². The Morgan fingerprint density at radius 3 is 1.18 bits per heavy atom. The highest BCUT2D eigenvalue weighted by Crippen LogP contribution is 2.16. The van der Waals surface area contributed by atoms with Crippen molar-refractivity contribution in [2.75, 3.05) is 13.2 Å². The second-order valence-corrected chi connectivity index (χ2v) is 20.3. The minimum atomic E-state index is -0.851. The van der Waals surface area contributed by atoms with Gasteiger partial charge < -0.3 is 20.3 Å². The van der Waals surface area contributed by atoms with Gasteiger partial charge in [-0.25, -0.2) is 0 Å². The van der Waals surface area contributed by atoms with Crippen LogP contribution in [0.1, 0.15) is 309 Å². The van der Waals surface area contributed by atoms with Crippen molar-refractivity contribution in [3.63, 3.8) is 0 Å². The lowest BCUT2D eigenvalue weighted by Crippen LogP contribution is -2.45. The number of aliphatic hydroxyl groups excluding tert-OH is 2. The lowest BCUT2D eigenvalue weighted by molar-refractivity contribution is -0.143. The summed E-state index contributed by atoms with van der Waals surface area (Å²) >= 11 is 0. The number of allylic oxidation sites excluding steroid dienone is 7. The van der Waals surface area contributed by atoms with E-state index in [0.29, 0.717) is 19.4 Å². The molecule has 0 radical (unpaired) electrons. The van der Waals surface area contributed by atoms with Crippen molar-refractivity contribution in [2.24, 2.45) is 0 Å². The van der Waals surface area contributed by atoms with Gasteiger partial charge in [-0.2, -0.15) is 0 Å². The molecule has 2 unspecified atom stereocenters. The Labute approximate surface area is 423 Å². The Bertz CT molecular complexity index is 1150. The van der Waals surface area contributed by atoms with Gasteiger partial charge in [-0.3, -0.25) is 9.59 Å². The number of nitrogens with one attached hydrogen (secondary N) is 1. The average molecular weight is 955 g/mol. The summed E-state index contributed by atoms with van der Waals surface area (Å²) in [5.41, 5.74) is 0. The van der Waals surface area contributed by atoms with Crippen LogP contribution in [0, 0.1) is 0 Å². The number of unbranched alkanes of at least 4 members (excludes halogenated alkanes) is 38. The third kappa shape index (κ3) is 53.2. The van der Waals surface area contributed by atoms with Crippen LogP contribution >= 0.6 is 0 Å². The molecule has 3 N–H and O–H groups in total. The van der Waals surface area contributed by atoms with Crippen LogP contribution in [0.3, 0.4) is 0 Å².